The summed E-state index contributed by atoms with van der Waals surface area (Å²) in [5, 5.41) is 12.3. The quantitative estimate of drug-likeness (QED) is 0.0276. The summed E-state index contributed by atoms with van der Waals surface area (Å²) in [6.45, 7) is 31.4. The molecule has 1 fully saturated rings. The zero-order chi connectivity index (χ0) is 51.7. The molecule has 1 aliphatic carbocycles. The van der Waals surface area contributed by atoms with Gasteiger partial charge in [0.2, 0.25) is 0 Å². The van der Waals surface area contributed by atoms with Crippen LogP contribution in [0.15, 0.2) is 86.8 Å². The summed E-state index contributed by atoms with van der Waals surface area (Å²) in [5.74, 6) is 4.09. The first kappa shape index (κ1) is 79.5. The molecule has 0 aromatic heterocycles. The van der Waals surface area contributed by atoms with E-state index in [0.717, 1.165) is 37.5 Å². The van der Waals surface area contributed by atoms with Gasteiger partial charge >= 0.3 is 0 Å². The van der Waals surface area contributed by atoms with Crippen molar-refractivity contribution < 1.29 is 37.8 Å². The van der Waals surface area contributed by atoms with Crippen molar-refractivity contribution in [1.29, 1.82) is 0 Å². The van der Waals surface area contributed by atoms with Gasteiger partial charge in [0.25, 0.3) is 0 Å². The molecular formula is C66H128NOY-. The van der Waals surface area contributed by atoms with E-state index in [0.29, 0.717) is 5.76 Å². The van der Waals surface area contributed by atoms with Crippen molar-refractivity contribution in [2.24, 2.45) is 11.8 Å². The predicted octanol–water partition coefficient (Wildman–Crippen LogP) is 23.6. The Morgan fingerprint density at radius 1 is 0.536 bits per heavy atom. The Bertz CT molecular complexity index is 1000. The van der Waals surface area contributed by atoms with E-state index in [4.69, 9.17) is 5.11 Å². The summed E-state index contributed by atoms with van der Waals surface area (Å²) in [4.78, 5) is 0. The zero-order valence-corrected chi connectivity index (χ0v) is 51.8. The molecule has 0 heterocycles. The molecule has 2 N–H and O–H groups in total. The third-order valence-electron chi connectivity index (χ3n) is 12.3. The molecule has 1 radical (unpaired) electrons. The molecule has 1 unspecified atom stereocenters. The molecule has 1 atom stereocenters. The van der Waals surface area contributed by atoms with Crippen molar-refractivity contribution in [3.05, 3.63) is 92.7 Å². The maximum Gasteiger partial charge on any atom is 0.0851 e. The molecular weight excluding hydrogens is 912 g/mol. The summed E-state index contributed by atoms with van der Waals surface area (Å²) in [5.41, 5.74) is 0. The normalized spacial score (nSPS) is 12.6. The van der Waals surface area contributed by atoms with Gasteiger partial charge in [0.05, 0.1) is 5.76 Å². The number of hydrogen-bond donors (Lipinski definition) is 2. The maximum absolute atomic E-state index is 8.95. The van der Waals surface area contributed by atoms with Crippen LogP contribution in [0.25, 0.3) is 0 Å². The van der Waals surface area contributed by atoms with E-state index in [9.17, 15) is 0 Å². The number of unbranched alkanes of at least 4 members (excludes halogenated alkanes) is 25. The van der Waals surface area contributed by atoms with Crippen LogP contribution in [-0.4, -0.2) is 18.7 Å². The van der Waals surface area contributed by atoms with E-state index >= 15 is 0 Å². The topological polar surface area (TPSA) is 32.3 Å². The van der Waals surface area contributed by atoms with Crippen LogP contribution in [0, 0.1) is 17.8 Å². The molecule has 0 aromatic rings. The van der Waals surface area contributed by atoms with Crippen molar-refractivity contribution in [2.75, 3.05) is 13.6 Å². The molecule has 1 aliphatic rings. The number of rotatable bonds is 43. The Labute approximate surface area is 463 Å². The summed E-state index contributed by atoms with van der Waals surface area (Å²) < 4.78 is 0. The first-order valence-electron chi connectivity index (χ1n) is 29.9. The molecule has 0 aliphatic heterocycles. The van der Waals surface area contributed by atoms with Crippen LogP contribution in [0.4, 0.5) is 0 Å². The fraction of sp³-hybridized carbons (Fsp3) is 0.773. The summed E-state index contributed by atoms with van der Waals surface area (Å²) in [7, 11) is 2.08. The molecule has 69 heavy (non-hydrogen) atoms. The molecule has 3 heteroatoms. The van der Waals surface area contributed by atoms with E-state index in [-0.39, 0.29) is 32.7 Å². The number of nitrogens with one attached hydrogen (secondary N) is 1. The third kappa shape index (κ3) is 81.4. The second kappa shape index (κ2) is 78.5. The van der Waals surface area contributed by atoms with Crippen molar-refractivity contribution in [1.82, 2.24) is 5.32 Å². The Balaban J connectivity index is -0.000000201. The minimum Gasteiger partial charge on any atom is -0.513 e. The Morgan fingerprint density at radius 3 is 1.23 bits per heavy atom. The van der Waals surface area contributed by atoms with Crippen LogP contribution in [0.1, 0.15) is 306 Å². The molecule has 0 saturated heterocycles. The van der Waals surface area contributed by atoms with Crippen LogP contribution in [0.2, 0.25) is 0 Å². The Morgan fingerprint density at radius 2 is 0.870 bits per heavy atom. The average molecular weight is 1040 g/mol. The van der Waals surface area contributed by atoms with Crippen molar-refractivity contribution in [2.45, 2.75) is 306 Å². The predicted molar refractivity (Wildman–Crippen MR) is 319 cm³/mol. The van der Waals surface area contributed by atoms with Gasteiger partial charge in [-0.1, -0.05) is 257 Å². The van der Waals surface area contributed by atoms with Gasteiger partial charge < -0.3 is 16.3 Å². The van der Waals surface area contributed by atoms with E-state index in [2.05, 4.69) is 122 Å². The van der Waals surface area contributed by atoms with Crippen molar-refractivity contribution in [3.8, 4) is 0 Å². The zero-order valence-electron chi connectivity index (χ0n) is 49.0. The number of aliphatic hydroxyl groups is 1. The van der Waals surface area contributed by atoms with E-state index in [1.54, 1.807) is 6.08 Å². The molecule has 1 saturated carbocycles. The average Bonchev–Trinajstić information content (AvgIpc) is 3.33. The standard InChI is InChI=1S/C22H39.C19H34O.C18H39N.C3H6.C2H6.C2H4.Y/c1-3-4-5-6-7-8-9-10-11-12-13-14-15-16-17-18-22-19-21(2)20-22;1-3-4-5-6-7-8-9-10-11-12-13-14-15-16-17-18-19(2)20;1-4-6-7-8-9-10-11-12-13-14-16-18(15-5-2)17-19-3;1-3-2;2*1-2;/h7-8,10-11,21H,3-6,9,12-20H2,1-2H3;7-8,10-11,20H,2-6,9,12-18H2,1H3;18-19H,4-17H2,1-3H3;3H,1H2,2H3;1-2H3;1-2H2;/q-1;;;;;;/b2*8-7-,11-10-;;;;;. The Kier molecular flexibility index (Phi) is 90.4. The van der Waals surface area contributed by atoms with Gasteiger partial charge in [-0.15, -0.1) is 19.7 Å². The smallest absolute Gasteiger partial charge is 0.0851 e. The van der Waals surface area contributed by atoms with Crippen LogP contribution >= 0.6 is 0 Å². The number of hydrogen-bond acceptors (Lipinski definition) is 2. The van der Waals surface area contributed by atoms with Gasteiger partial charge in [-0.3, -0.25) is 0 Å². The van der Waals surface area contributed by atoms with E-state index in [1.165, 1.54) is 231 Å². The van der Waals surface area contributed by atoms with Gasteiger partial charge in [-0.2, -0.15) is 19.3 Å². The molecule has 407 valence electrons. The number of aliphatic hydroxyl groups excluding tert-OH is 1. The van der Waals surface area contributed by atoms with Gasteiger partial charge in [-0.05, 0) is 110 Å². The fourth-order valence-corrected chi connectivity index (χ4v) is 8.42. The van der Waals surface area contributed by atoms with Gasteiger partial charge in [0.15, 0.2) is 0 Å². The van der Waals surface area contributed by atoms with Crippen LogP contribution < -0.4 is 5.32 Å². The molecule has 1 rings (SSSR count). The number of allylic oxidation sites excluding steroid dienone is 10. The van der Waals surface area contributed by atoms with Crippen molar-refractivity contribution in [3.63, 3.8) is 0 Å². The molecule has 0 spiro atoms. The first-order valence-corrected chi connectivity index (χ1v) is 29.9. The monoisotopic (exact) mass is 1040 g/mol. The van der Waals surface area contributed by atoms with Gasteiger partial charge in [-0.25, -0.2) is 0 Å². The molecule has 0 bridgehead atoms. The minimum absolute atomic E-state index is 0. The summed E-state index contributed by atoms with van der Waals surface area (Å²) in [6, 6.07) is 0. The summed E-state index contributed by atoms with van der Waals surface area (Å²) in [6.07, 6.45) is 72.6. The second-order valence-electron chi connectivity index (χ2n) is 19.4. The third-order valence-corrected chi connectivity index (χ3v) is 12.3. The molecule has 2 nitrogen and oxygen atoms in total. The second-order valence-corrected chi connectivity index (χ2v) is 19.4. The molecule has 0 aromatic carbocycles. The Hall–Kier alpha value is -0.956. The van der Waals surface area contributed by atoms with Crippen LogP contribution in [0.3, 0.4) is 0 Å². The minimum atomic E-state index is 0. The van der Waals surface area contributed by atoms with E-state index < -0.39 is 0 Å². The van der Waals surface area contributed by atoms with Gasteiger partial charge in [0, 0.05) is 39.1 Å². The van der Waals surface area contributed by atoms with Crippen molar-refractivity contribution >= 4 is 0 Å². The first-order chi connectivity index (χ1) is 33.4. The maximum atomic E-state index is 8.95. The van der Waals surface area contributed by atoms with Gasteiger partial charge in [0.1, 0.15) is 0 Å². The SMILES string of the molecule is C=C.C=C(O)CCCCCCC/C=C\C/C=C\CCCCC.C=CC.CC.CCCCC/C=C\C/C=C\CCCCCCC[C-]1CC(C)C1.CCCCCCCCCCCCC(CCC)CNC.[Y]. The largest absolute Gasteiger partial charge is 0.513 e. The van der Waals surface area contributed by atoms with E-state index in [1.807, 2.05) is 26.7 Å². The summed E-state index contributed by atoms with van der Waals surface area (Å²) >= 11 is 0. The van der Waals surface area contributed by atoms with Crippen LogP contribution in [-0.2, 0) is 32.7 Å². The molecule has 0 amide bonds. The van der Waals surface area contributed by atoms with Crippen LogP contribution in [0.5, 0.6) is 0 Å². The fourth-order valence-electron chi connectivity index (χ4n) is 8.42.